The molecule has 4 aromatic heterocycles. The van der Waals surface area contributed by atoms with E-state index in [-0.39, 0.29) is 17.7 Å². The number of nitrogens with zero attached hydrogens (tertiary/aromatic N) is 4. The van der Waals surface area contributed by atoms with Gasteiger partial charge in [0.15, 0.2) is 0 Å². The highest BCUT2D eigenvalue weighted by Crippen LogP contribution is 2.39. The van der Waals surface area contributed by atoms with Crippen LogP contribution in [0.1, 0.15) is 37.4 Å². The number of rotatable bonds is 4. The molecule has 0 aliphatic heterocycles. The van der Waals surface area contributed by atoms with Crippen molar-refractivity contribution in [2.24, 2.45) is 5.92 Å². The lowest BCUT2D eigenvalue weighted by Gasteiger charge is -2.27. The molecule has 1 saturated carbocycles. The van der Waals surface area contributed by atoms with Gasteiger partial charge in [-0.1, -0.05) is 18.2 Å². The van der Waals surface area contributed by atoms with Crippen LogP contribution in [0.3, 0.4) is 0 Å². The molecule has 0 radical (unpaired) electrons. The number of nitrogen functional groups attached to an aromatic ring is 1. The van der Waals surface area contributed by atoms with Crippen LogP contribution in [0, 0.1) is 5.92 Å². The zero-order chi connectivity index (χ0) is 23.1. The van der Waals surface area contributed by atoms with E-state index in [2.05, 4.69) is 42.9 Å². The van der Waals surface area contributed by atoms with Gasteiger partial charge in [-0.05, 0) is 49.9 Å². The number of imidazole rings is 1. The molecular weight excluding hydrogens is 426 g/mol. The number of carbonyl (C=O) groups excluding carboxylic acids is 1. The number of amides is 1. The van der Waals surface area contributed by atoms with Crippen molar-refractivity contribution in [2.75, 3.05) is 11.1 Å². The quantitative estimate of drug-likeness (QED) is 0.364. The number of anilines is 2. The fraction of sp³-hybridized carbons (Fsp3) is 0.231. The average molecular weight is 452 g/mol. The standard InChI is InChI=1S/C26H25N7O/c27-24-23-22(21-14-18-4-1-2-6-20(18)31-21)32-25(33(23)13-12-29-24)16-7-9-17(10-8-16)26(34)30-19-5-3-11-28-15-19/h1-6,11-17,31H,7-10H2,(H2,27,29)(H,30,34). The monoisotopic (exact) mass is 451 g/mol. The van der Waals surface area contributed by atoms with Crippen LogP contribution < -0.4 is 11.1 Å². The van der Waals surface area contributed by atoms with Gasteiger partial charge in [0.1, 0.15) is 22.9 Å². The molecule has 1 aliphatic carbocycles. The van der Waals surface area contributed by atoms with Gasteiger partial charge in [-0.2, -0.15) is 0 Å². The number of nitrogens with two attached hydrogens (primary N) is 1. The maximum absolute atomic E-state index is 12.8. The van der Waals surface area contributed by atoms with Crippen LogP contribution in [0.25, 0.3) is 27.8 Å². The number of nitrogens with one attached hydrogen (secondary N) is 2. The molecule has 1 fully saturated rings. The summed E-state index contributed by atoms with van der Waals surface area (Å²) < 4.78 is 2.07. The summed E-state index contributed by atoms with van der Waals surface area (Å²) in [5.74, 6) is 1.73. The van der Waals surface area contributed by atoms with Crippen molar-refractivity contribution in [1.29, 1.82) is 0 Å². The van der Waals surface area contributed by atoms with Crippen LogP contribution in [0.4, 0.5) is 11.5 Å². The first-order valence-electron chi connectivity index (χ1n) is 11.6. The fourth-order valence-electron chi connectivity index (χ4n) is 5.06. The van der Waals surface area contributed by atoms with Crippen LogP contribution in [0.2, 0.25) is 0 Å². The summed E-state index contributed by atoms with van der Waals surface area (Å²) in [7, 11) is 0. The van der Waals surface area contributed by atoms with Crippen LogP contribution in [0.5, 0.6) is 0 Å². The predicted octanol–water partition coefficient (Wildman–Crippen LogP) is 4.77. The zero-order valence-electron chi connectivity index (χ0n) is 18.6. The number of benzene rings is 1. The summed E-state index contributed by atoms with van der Waals surface area (Å²) in [4.78, 5) is 29.7. The van der Waals surface area contributed by atoms with Crippen molar-refractivity contribution in [2.45, 2.75) is 31.6 Å². The molecule has 4 N–H and O–H groups in total. The minimum Gasteiger partial charge on any atom is -0.382 e. The maximum Gasteiger partial charge on any atom is 0.227 e. The average Bonchev–Trinajstić information content (AvgIpc) is 3.47. The molecule has 4 heterocycles. The van der Waals surface area contributed by atoms with Gasteiger partial charge in [-0.3, -0.25) is 14.2 Å². The van der Waals surface area contributed by atoms with Gasteiger partial charge < -0.3 is 16.0 Å². The predicted molar refractivity (Wildman–Crippen MR) is 132 cm³/mol. The Bertz CT molecular complexity index is 1450. The van der Waals surface area contributed by atoms with Gasteiger partial charge in [0.25, 0.3) is 0 Å². The van der Waals surface area contributed by atoms with E-state index < -0.39 is 0 Å². The Hall–Kier alpha value is -4.20. The topological polar surface area (TPSA) is 114 Å². The minimum absolute atomic E-state index is 0.0115. The molecule has 5 aromatic rings. The van der Waals surface area contributed by atoms with Crippen molar-refractivity contribution < 1.29 is 4.79 Å². The van der Waals surface area contributed by atoms with Crippen molar-refractivity contribution in [3.05, 3.63) is 73.1 Å². The number of hydrogen-bond acceptors (Lipinski definition) is 5. The first-order valence-corrected chi connectivity index (χ1v) is 11.6. The molecule has 8 nitrogen and oxygen atoms in total. The molecule has 6 rings (SSSR count). The van der Waals surface area contributed by atoms with E-state index in [1.165, 1.54) is 0 Å². The van der Waals surface area contributed by atoms with Gasteiger partial charge >= 0.3 is 0 Å². The molecule has 1 aromatic carbocycles. The number of carbonyl (C=O) groups is 1. The molecule has 1 amide bonds. The number of H-pyrrole nitrogens is 1. The third-order valence-electron chi connectivity index (χ3n) is 6.79. The van der Waals surface area contributed by atoms with E-state index in [1.807, 2.05) is 30.5 Å². The zero-order valence-corrected chi connectivity index (χ0v) is 18.6. The smallest absolute Gasteiger partial charge is 0.227 e. The van der Waals surface area contributed by atoms with Crippen LogP contribution in [-0.2, 0) is 4.79 Å². The molecule has 8 heteroatoms. The first kappa shape index (κ1) is 20.4. The van der Waals surface area contributed by atoms with E-state index in [1.54, 1.807) is 18.6 Å². The number of aromatic nitrogens is 5. The third-order valence-corrected chi connectivity index (χ3v) is 6.79. The van der Waals surface area contributed by atoms with Gasteiger partial charge in [0.2, 0.25) is 5.91 Å². The minimum atomic E-state index is -0.0115. The molecule has 34 heavy (non-hydrogen) atoms. The normalized spacial score (nSPS) is 18.4. The Morgan fingerprint density at radius 1 is 1.09 bits per heavy atom. The number of para-hydroxylation sites is 1. The second kappa shape index (κ2) is 8.30. The highest BCUT2D eigenvalue weighted by Gasteiger charge is 2.30. The van der Waals surface area contributed by atoms with E-state index in [9.17, 15) is 4.79 Å². The summed E-state index contributed by atoms with van der Waals surface area (Å²) in [6, 6.07) is 13.9. The van der Waals surface area contributed by atoms with E-state index in [4.69, 9.17) is 10.7 Å². The third kappa shape index (κ3) is 3.57. The van der Waals surface area contributed by atoms with E-state index in [0.717, 1.165) is 65.0 Å². The molecule has 170 valence electrons. The van der Waals surface area contributed by atoms with E-state index in [0.29, 0.717) is 5.82 Å². The molecule has 1 aliphatic rings. The Labute approximate surface area is 196 Å². The van der Waals surface area contributed by atoms with Crippen LogP contribution in [0.15, 0.2) is 67.3 Å². The Balaban J connectivity index is 1.28. The lowest BCUT2D eigenvalue weighted by atomic mass is 9.81. The summed E-state index contributed by atoms with van der Waals surface area (Å²) in [5, 5.41) is 4.12. The molecule has 0 atom stereocenters. The van der Waals surface area contributed by atoms with Crippen molar-refractivity contribution in [1.82, 2.24) is 24.3 Å². The second-order valence-electron chi connectivity index (χ2n) is 8.90. The molecule has 0 saturated heterocycles. The maximum atomic E-state index is 12.8. The van der Waals surface area contributed by atoms with Gasteiger partial charge in [-0.15, -0.1) is 0 Å². The van der Waals surface area contributed by atoms with Crippen LogP contribution in [-0.4, -0.2) is 30.2 Å². The van der Waals surface area contributed by atoms with Crippen molar-refractivity contribution >= 4 is 33.8 Å². The number of hydrogen-bond donors (Lipinski definition) is 3. The highest BCUT2D eigenvalue weighted by atomic mass is 16.1. The first-order chi connectivity index (χ1) is 16.7. The summed E-state index contributed by atoms with van der Waals surface area (Å²) >= 11 is 0. The Kier molecular flexibility index (Phi) is 4.98. The number of pyridine rings is 1. The lowest BCUT2D eigenvalue weighted by molar-refractivity contribution is -0.120. The Morgan fingerprint density at radius 3 is 2.74 bits per heavy atom. The summed E-state index contributed by atoms with van der Waals surface area (Å²) in [6.45, 7) is 0. The van der Waals surface area contributed by atoms with Crippen LogP contribution >= 0.6 is 0 Å². The number of fused-ring (bicyclic) bond motifs is 2. The van der Waals surface area contributed by atoms with Gasteiger partial charge in [0, 0.05) is 41.3 Å². The highest BCUT2D eigenvalue weighted by molar-refractivity contribution is 5.93. The fourth-order valence-corrected chi connectivity index (χ4v) is 5.06. The molecule has 0 bridgehead atoms. The lowest BCUT2D eigenvalue weighted by Crippen LogP contribution is -2.27. The van der Waals surface area contributed by atoms with Crippen molar-refractivity contribution in [3.63, 3.8) is 0 Å². The Morgan fingerprint density at radius 2 is 1.94 bits per heavy atom. The number of aromatic amines is 1. The van der Waals surface area contributed by atoms with Gasteiger partial charge in [-0.25, -0.2) is 9.97 Å². The molecular formula is C26H25N7O. The summed E-state index contributed by atoms with van der Waals surface area (Å²) in [5.41, 5.74) is 10.7. The van der Waals surface area contributed by atoms with Gasteiger partial charge in [0.05, 0.1) is 17.6 Å². The van der Waals surface area contributed by atoms with Crippen molar-refractivity contribution in [3.8, 4) is 11.4 Å². The summed E-state index contributed by atoms with van der Waals surface area (Å²) in [6.07, 6.45) is 10.4. The SMILES string of the molecule is Nc1nccn2c(C3CCC(C(=O)Nc4cccnc4)CC3)nc(-c3cc4ccccc4[nH]3)c12. The largest absolute Gasteiger partial charge is 0.382 e. The molecule has 0 unspecified atom stereocenters. The molecule has 0 spiro atoms. The van der Waals surface area contributed by atoms with E-state index >= 15 is 0 Å². The second-order valence-corrected chi connectivity index (χ2v) is 8.90.